The van der Waals surface area contributed by atoms with Gasteiger partial charge in [0, 0.05) is 20.2 Å². The van der Waals surface area contributed by atoms with Crippen molar-refractivity contribution < 1.29 is 19.4 Å². The second-order valence-corrected chi connectivity index (χ2v) is 4.75. The van der Waals surface area contributed by atoms with Crippen LogP contribution in [-0.4, -0.2) is 57.1 Å². The highest BCUT2D eigenvalue weighted by atomic mass is 35.5. The van der Waals surface area contributed by atoms with Gasteiger partial charge in [-0.25, -0.2) is 0 Å². The number of aryl methyl sites for hydroxylation is 1. The Bertz CT molecular complexity index is 432. The van der Waals surface area contributed by atoms with Gasteiger partial charge in [-0.1, -0.05) is 12.1 Å². The first-order valence-electron chi connectivity index (χ1n) is 6.95. The predicted molar refractivity (Wildman–Crippen MR) is 87.7 cm³/mol. The van der Waals surface area contributed by atoms with E-state index in [0.717, 1.165) is 5.56 Å². The van der Waals surface area contributed by atoms with Gasteiger partial charge in [-0.3, -0.25) is 4.79 Å². The number of ether oxygens (including phenoxy) is 2. The van der Waals surface area contributed by atoms with E-state index in [1.54, 1.807) is 7.11 Å². The zero-order chi connectivity index (χ0) is 15.5. The molecular weight excluding hydrogens is 308 g/mol. The Morgan fingerprint density at radius 1 is 1.41 bits per heavy atom. The average Bonchev–Trinajstić information content (AvgIpc) is 2.47. The minimum atomic E-state index is -0.742. The Morgan fingerprint density at radius 3 is 2.86 bits per heavy atom. The number of methoxy groups -OCH3 is 1. The first-order chi connectivity index (χ1) is 10.1. The molecule has 6 nitrogen and oxygen atoms in total. The largest absolute Gasteiger partial charge is 0.491 e. The van der Waals surface area contributed by atoms with Crippen LogP contribution in [0.4, 0.5) is 0 Å². The molecule has 1 amide bonds. The molecule has 1 unspecified atom stereocenters. The lowest BCUT2D eigenvalue weighted by atomic mass is 10.2. The molecule has 1 aromatic carbocycles. The monoisotopic (exact) mass is 332 g/mol. The topological polar surface area (TPSA) is 79.8 Å². The van der Waals surface area contributed by atoms with Crippen LogP contribution in [0.5, 0.6) is 5.75 Å². The fourth-order valence-corrected chi connectivity index (χ4v) is 1.63. The second kappa shape index (κ2) is 12.2. The number of carbonyl (C=O) groups excluding carboxylic acids is 1. The molecule has 1 aromatic rings. The van der Waals surface area contributed by atoms with Crippen LogP contribution in [0, 0.1) is 6.92 Å². The van der Waals surface area contributed by atoms with Gasteiger partial charge in [0.05, 0.1) is 13.2 Å². The molecule has 0 saturated carbocycles. The van der Waals surface area contributed by atoms with Crippen LogP contribution in [0.1, 0.15) is 5.56 Å². The van der Waals surface area contributed by atoms with Crippen molar-refractivity contribution in [1.82, 2.24) is 10.6 Å². The van der Waals surface area contributed by atoms with Gasteiger partial charge in [-0.15, -0.1) is 12.4 Å². The second-order valence-electron chi connectivity index (χ2n) is 4.75. The number of aliphatic hydroxyl groups excluding tert-OH is 1. The predicted octanol–water partition coefficient (Wildman–Crippen LogP) is 0.509. The summed E-state index contributed by atoms with van der Waals surface area (Å²) >= 11 is 0. The van der Waals surface area contributed by atoms with Crippen molar-refractivity contribution in [1.29, 1.82) is 0 Å². The van der Waals surface area contributed by atoms with Crippen LogP contribution in [0.25, 0.3) is 0 Å². The molecule has 0 aliphatic heterocycles. The summed E-state index contributed by atoms with van der Waals surface area (Å²) in [7, 11) is 1.60. The fraction of sp³-hybridized carbons (Fsp3) is 0.533. The highest BCUT2D eigenvalue weighted by Crippen LogP contribution is 2.12. The first kappa shape index (κ1) is 20.7. The fourth-order valence-electron chi connectivity index (χ4n) is 1.63. The van der Waals surface area contributed by atoms with Gasteiger partial charge >= 0.3 is 0 Å². The van der Waals surface area contributed by atoms with Crippen LogP contribution in [-0.2, 0) is 9.53 Å². The molecule has 0 heterocycles. The molecule has 0 saturated heterocycles. The molecule has 0 aliphatic carbocycles. The first-order valence-corrected chi connectivity index (χ1v) is 6.95. The van der Waals surface area contributed by atoms with Gasteiger partial charge in [0.1, 0.15) is 18.5 Å². The molecule has 1 rings (SSSR count). The Morgan fingerprint density at radius 2 is 2.18 bits per heavy atom. The van der Waals surface area contributed by atoms with Gasteiger partial charge in [0.15, 0.2) is 0 Å². The highest BCUT2D eigenvalue weighted by Gasteiger charge is 2.08. The van der Waals surface area contributed by atoms with Gasteiger partial charge in [0.2, 0.25) is 5.91 Å². The number of benzene rings is 1. The van der Waals surface area contributed by atoms with E-state index in [-0.39, 0.29) is 38.0 Å². The molecule has 0 radical (unpaired) electrons. The van der Waals surface area contributed by atoms with Crippen LogP contribution >= 0.6 is 12.4 Å². The van der Waals surface area contributed by atoms with Crippen LogP contribution < -0.4 is 15.4 Å². The quantitative estimate of drug-likeness (QED) is 0.544. The summed E-state index contributed by atoms with van der Waals surface area (Å²) in [5.74, 6) is 0.544. The van der Waals surface area contributed by atoms with Crippen LogP contribution in [0.15, 0.2) is 24.3 Å². The third-order valence-electron chi connectivity index (χ3n) is 2.74. The van der Waals surface area contributed by atoms with Gasteiger partial charge < -0.3 is 25.2 Å². The van der Waals surface area contributed by atoms with Crippen molar-refractivity contribution in [2.45, 2.75) is 13.0 Å². The Kier molecular flexibility index (Phi) is 11.5. The number of hydrogen-bond donors (Lipinski definition) is 3. The standard InChI is InChI=1S/C15H24N2O4.ClH/c1-12-4-3-5-14(8-12)21-11-13(18)9-17-15(19)10-16-6-7-20-2;/h3-5,8,13,16,18H,6-7,9-11H2,1-2H3,(H,17,19);1H. The maximum absolute atomic E-state index is 11.5. The van der Waals surface area contributed by atoms with E-state index in [1.807, 2.05) is 31.2 Å². The zero-order valence-electron chi connectivity index (χ0n) is 13.0. The van der Waals surface area contributed by atoms with Gasteiger partial charge in [-0.2, -0.15) is 0 Å². The van der Waals surface area contributed by atoms with E-state index in [0.29, 0.717) is 18.9 Å². The minimum absolute atomic E-state index is 0. The summed E-state index contributed by atoms with van der Waals surface area (Å²) in [4.78, 5) is 11.5. The van der Waals surface area contributed by atoms with Crippen molar-refractivity contribution >= 4 is 18.3 Å². The lowest BCUT2D eigenvalue weighted by Crippen LogP contribution is -2.40. The van der Waals surface area contributed by atoms with E-state index in [4.69, 9.17) is 9.47 Å². The average molecular weight is 333 g/mol. The maximum Gasteiger partial charge on any atom is 0.234 e. The Balaban J connectivity index is 0.00000441. The zero-order valence-corrected chi connectivity index (χ0v) is 13.8. The molecule has 22 heavy (non-hydrogen) atoms. The smallest absolute Gasteiger partial charge is 0.234 e. The molecular formula is C15H25ClN2O4. The van der Waals surface area contributed by atoms with E-state index in [9.17, 15) is 9.90 Å². The molecule has 1 atom stereocenters. The van der Waals surface area contributed by atoms with Crippen molar-refractivity contribution in [3.8, 4) is 5.75 Å². The number of carbonyl (C=O) groups is 1. The molecule has 7 heteroatoms. The summed E-state index contributed by atoms with van der Waals surface area (Å²) < 4.78 is 10.3. The SMILES string of the molecule is COCCNCC(=O)NCC(O)COc1cccc(C)c1.Cl. The molecule has 0 aromatic heterocycles. The summed E-state index contributed by atoms with van der Waals surface area (Å²) in [6.07, 6.45) is -0.742. The number of aliphatic hydroxyl groups is 1. The summed E-state index contributed by atoms with van der Waals surface area (Å²) in [6, 6.07) is 7.59. The Labute approximate surface area is 137 Å². The van der Waals surface area contributed by atoms with Crippen molar-refractivity contribution in [2.75, 3.05) is 40.0 Å². The number of nitrogens with one attached hydrogen (secondary N) is 2. The normalized spacial score (nSPS) is 11.4. The van der Waals surface area contributed by atoms with Crippen LogP contribution in [0.2, 0.25) is 0 Å². The molecule has 0 aliphatic rings. The van der Waals surface area contributed by atoms with Crippen molar-refractivity contribution in [3.63, 3.8) is 0 Å². The van der Waals surface area contributed by atoms with Gasteiger partial charge in [0.25, 0.3) is 0 Å². The maximum atomic E-state index is 11.5. The summed E-state index contributed by atoms with van der Waals surface area (Å²) in [5.41, 5.74) is 1.09. The van der Waals surface area contributed by atoms with Crippen molar-refractivity contribution in [3.05, 3.63) is 29.8 Å². The molecule has 126 valence electrons. The Hall–Kier alpha value is -1.34. The highest BCUT2D eigenvalue weighted by molar-refractivity contribution is 5.85. The number of rotatable bonds is 10. The van der Waals surface area contributed by atoms with E-state index in [2.05, 4.69) is 10.6 Å². The van der Waals surface area contributed by atoms with E-state index < -0.39 is 6.10 Å². The lowest BCUT2D eigenvalue weighted by Gasteiger charge is -2.13. The molecule has 0 bridgehead atoms. The number of amides is 1. The van der Waals surface area contributed by atoms with Gasteiger partial charge in [-0.05, 0) is 24.6 Å². The summed E-state index contributed by atoms with van der Waals surface area (Å²) in [5, 5.41) is 15.3. The van der Waals surface area contributed by atoms with Crippen molar-refractivity contribution in [2.24, 2.45) is 0 Å². The lowest BCUT2D eigenvalue weighted by molar-refractivity contribution is -0.120. The third-order valence-corrected chi connectivity index (χ3v) is 2.74. The number of hydrogen-bond acceptors (Lipinski definition) is 5. The minimum Gasteiger partial charge on any atom is -0.491 e. The summed E-state index contributed by atoms with van der Waals surface area (Å²) in [6.45, 7) is 3.65. The molecule has 0 fully saturated rings. The van der Waals surface area contributed by atoms with Crippen LogP contribution in [0.3, 0.4) is 0 Å². The van der Waals surface area contributed by atoms with E-state index in [1.165, 1.54) is 0 Å². The van der Waals surface area contributed by atoms with E-state index >= 15 is 0 Å². The number of halogens is 1. The molecule has 0 spiro atoms. The third kappa shape index (κ3) is 9.57. The molecule has 3 N–H and O–H groups in total.